The first kappa shape index (κ1) is 15.0. The lowest BCUT2D eigenvalue weighted by atomic mass is 9.97. The first-order valence-corrected chi connectivity index (χ1v) is 7.73. The Morgan fingerprint density at radius 2 is 2.05 bits per heavy atom. The highest BCUT2D eigenvalue weighted by Crippen LogP contribution is 2.30. The molecule has 0 spiro atoms. The molecular weight excluding hydrogens is 279 g/mol. The van der Waals surface area contributed by atoms with Crippen molar-refractivity contribution < 1.29 is 0 Å². The van der Waals surface area contributed by atoms with Crippen molar-refractivity contribution in [3.8, 4) is 0 Å². The molecule has 1 aromatic rings. The molecular formula is C15H22Cl2N2. The lowest BCUT2D eigenvalue weighted by Gasteiger charge is -2.44. The average molecular weight is 301 g/mol. The molecule has 1 aliphatic heterocycles. The highest BCUT2D eigenvalue weighted by atomic mass is 35.5. The van der Waals surface area contributed by atoms with Crippen molar-refractivity contribution in [3.63, 3.8) is 0 Å². The summed E-state index contributed by atoms with van der Waals surface area (Å²) in [6.07, 6.45) is 1.14. The Bertz CT molecular complexity index is 434. The molecule has 1 N–H and O–H groups in total. The van der Waals surface area contributed by atoms with Crippen LogP contribution in [0.3, 0.4) is 0 Å². The van der Waals surface area contributed by atoms with Crippen molar-refractivity contribution in [1.82, 2.24) is 5.32 Å². The first-order chi connectivity index (χ1) is 9.02. The van der Waals surface area contributed by atoms with Gasteiger partial charge in [0.1, 0.15) is 0 Å². The van der Waals surface area contributed by atoms with E-state index >= 15 is 0 Å². The molecule has 0 aliphatic carbocycles. The summed E-state index contributed by atoms with van der Waals surface area (Å²) in [5.74, 6) is 0.597. The molecule has 0 amide bonds. The highest BCUT2D eigenvalue weighted by Gasteiger charge is 2.29. The van der Waals surface area contributed by atoms with Gasteiger partial charge in [-0.25, -0.2) is 0 Å². The molecule has 1 saturated heterocycles. The lowest BCUT2D eigenvalue weighted by molar-refractivity contribution is 0.333. The van der Waals surface area contributed by atoms with E-state index in [1.807, 2.05) is 12.1 Å². The van der Waals surface area contributed by atoms with Crippen LogP contribution in [-0.2, 0) is 0 Å². The van der Waals surface area contributed by atoms with Gasteiger partial charge in [0.15, 0.2) is 0 Å². The van der Waals surface area contributed by atoms with E-state index in [1.165, 1.54) is 5.69 Å². The van der Waals surface area contributed by atoms with E-state index in [4.69, 9.17) is 23.2 Å². The van der Waals surface area contributed by atoms with E-state index in [-0.39, 0.29) is 0 Å². The Kier molecular flexibility index (Phi) is 4.99. The topological polar surface area (TPSA) is 15.3 Å². The molecule has 2 atom stereocenters. The fraction of sp³-hybridized carbons (Fsp3) is 0.600. The second-order valence-electron chi connectivity index (χ2n) is 5.58. The Morgan fingerprint density at radius 3 is 2.63 bits per heavy atom. The summed E-state index contributed by atoms with van der Waals surface area (Å²) in [5.41, 5.74) is 1.17. The summed E-state index contributed by atoms with van der Waals surface area (Å²) in [7, 11) is 0. The SMILES string of the molecule is CCC1CN(c2ccc(Cl)c(Cl)c2)C(C(C)C)CN1. The van der Waals surface area contributed by atoms with Crippen LogP contribution in [0.15, 0.2) is 18.2 Å². The number of benzene rings is 1. The number of hydrogen-bond acceptors (Lipinski definition) is 2. The van der Waals surface area contributed by atoms with Gasteiger partial charge in [-0.2, -0.15) is 0 Å². The van der Waals surface area contributed by atoms with Gasteiger partial charge in [-0.15, -0.1) is 0 Å². The molecule has 4 heteroatoms. The maximum Gasteiger partial charge on any atom is 0.0612 e. The van der Waals surface area contributed by atoms with Crippen LogP contribution in [0.5, 0.6) is 0 Å². The number of rotatable bonds is 3. The number of nitrogens with one attached hydrogen (secondary N) is 1. The van der Waals surface area contributed by atoms with Gasteiger partial charge in [0.05, 0.1) is 10.0 Å². The predicted molar refractivity (Wildman–Crippen MR) is 84.5 cm³/mol. The Balaban J connectivity index is 2.27. The smallest absolute Gasteiger partial charge is 0.0612 e. The van der Waals surface area contributed by atoms with Gasteiger partial charge in [-0.3, -0.25) is 0 Å². The Hall–Kier alpha value is -0.440. The number of anilines is 1. The van der Waals surface area contributed by atoms with Crippen molar-refractivity contribution in [2.24, 2.45) is 5.92 Å². The van der Waals surface area contributed by atoms with Crippen LogP contribution in [0.2, 0.25) is 10.0 Å². The molecule has 2 unspecified atom stereocenters. The van der Waals surface area contributed by atoms with Crippen LogP contribution in [0, 0.1) is 5.92 Å². The van der Waals surface area contributed by atoms with Crippen molar-refractivity contribution in [3.05, 3.63) is 28.2 Å². The van der Waals surface area contributed by atoms with Crippen molar-refractivity contribution >= 4 is 28.9 Å². The summed E-state index contributed by atoms with van der Waals surface area (Å²) in [6.45, 7) is 8.81. The minimum atomic E-state index is 0.500. The van der Waals surface area contributed by atoms with E-state index in [2.05, 4.69) is 37.1 Å². The summed E-state index contributed by atoms with van der Waals surface area (Å²) in [6, 6.07) is 6.99. The van der Waals surface area contributed by atoms with Gasteiger partial charge < -0.3 is 10.2 Å². The van der Waals surface area contributed by atoms with Crippen LogP contribution < -0.4 is 10.2 Å². The molecule has 2 nitrogen and oxygen atoms in total. The molecule has 1 aromatic carbocycles. The molecule has 1 aliphatic rings. The lowest BCUT2D eigenvalue weighted by Crippen LogP contribution is -2.58. The largest absolute Gasteiger partial charge is 0.365 e. The maximum atomic E-state index is 6.16. The zero-order chi connectivity index (χ0) is 14.0. The normalized spacial score (nSPS) is 24.0. The third kappa shape index (κ3) is 3.36. The Labute approximate surface area is 126 Å². The molecule has 0 bridgehead atoms. The highest BCUT2D eigenvalue weighted by molar-refractivity contribution is 6.42. The molecule has 106 valence electrons. The predicted octanol–water partition coefficient (Wildman–Crippen LogP) is 4.21. The summed E-state index contributed by atoms with van der Waals surface area (Å²) < 4.78 is 0. The van der Waals surface area contributed by atoms with Gasteiger partial charge in [-0.05, 0) is 30.5 Å². The second-order valence-corrected chi connectivity index (χ2v) is 6.39. The van der Waals surface area contributed by atoms with E-state index in [0.29, 0.717) is 28.0 Å². The number of halogens is 2. The molecule has 0 radical (unpaired) electrons. The van der Waals surface area contributed by atoms with E-state index in [1.54, 1.807) is 0 Å². The van der Waals surface area contributed by atoms with Gasteiger partial charge in [0.25, 0.3) is 0 Å². The van der Waals surface area contributed by atoms with Crippen molar-refractivity contribution in [1.29, 1.82) is 0 Å². The zero-order valence-corrected chi connectivity index (χ0v) is 13.3. The van der Waals surface area contributed by atoms with Gasteiger partial charge >= 0.3 is 0 Å². The van der Waals surface area contributed by atoms with Crippen molar-refractivity contribution in [2.75, 3.05) is 18.0 Å². The number of nitrogens with zero attached hydrogens (tertiary/aromatic N) is 1. The minimum absolute atomic E-state index is 0.500. The zero-order valence-electron chi connectivity index (χ0n) is 11.8. The monoisotopic (exact) mass is 300 g/mol. The fourth-order valence-electron chi connectivity index (χ4n) is 2.66. The fourth-order valence-corrected chi connectivity index (χ4v) is 2.96. The van der Waals surface area contributed by atoms with E-state index < -0.39 is 0 Å². The molecule has 1 heterocycles. The van der Waals surface area contributed by atoms with E-state index in [0.717, 1.165) is 19.5 Å². The quantitative estimate of drug-likeness (QED) is 0.900. The van der Waals surface area contributed by atoms with Crippen LogP contribution >= 0.6 is 23.2 Å². The molecule has 2 rings (SSSR count). The van der Waals surface area contributed by atoms with Crippen molar-refractivity contribution in [2.45, 2.75) is 39.3 Å². The summed E-state index contributed by atoms with van der Waals surface area (Å²) in [4.78, 5) is 2.47. The maximum absolute atomic E-state index is 6.16. The average Bonchev–Trinajstić information content (AvgIpc) is 2.41. The minimum Gasteiger partial charge on any atom is -0.365 e. The number of hydrogen-bond donors (Lipinski definition) is 1. The van der Waals surface area contributed by atoms with Crippen LogP contribution in [0.1, 0.15) is 27.2 Å². The first-order valence-electron chi connectivity index (χ1n) is 6.98. The molecule has 1 fully saturated rings. The van der Waals surface area contributed by atoms with Gasteiger partial charge in [0.2, 0.25) is 0 Å². The van der Waals surface area contributed by atoms with Gasteiger partial charge in [-0.1, -0.05) is 44.0 Å². The standard InChI is InChI=1S/C15H22Cl2N2/c1-4-11-9-19(15(8-18-11)10(2)3)12-5-6-13(16)14(17)7-12/h5-7,10-11,15,18H,4,8-9H2,1-3H3. The van der Waals surface area contributed by atoms with Crippen LogP contribution in [0.25, 0.3) is 0 Å². The Morgan fingerprint density at radius 1 is 1.32 bits per heavy atom. The van der Waals surface area contributed by atoms with Gasteiger partial charge in [0, 0.05) is 30.9 Å². The molecule has 0 saturated carbocycles. The second kappa shape index (κ2) is 6.34. The number of piperazine rings is 1. The summed E-state index contributed by atoms with van der Waals surface area (Å²) in [5, 5.41) is 4.88. The molecule has 0 aromatic heterocycles. The third-order valence-electron chi connectivity index (χ3n) is 3.93. The van der Waals surface area contributed by atoms with Crippen LogP contribution in [-0.4, -0.2) is 25.2 Å². The third-order valence-corrected chi connectivity index (χ3v) is 4.67. The summed E-state index contributed by atoms with van der Waals surface area (Å²) >= 11 is 12.2. The van der Waals surface area contributed by atoms with E-state index in [9.17, 15) is 0 Å². The van der Waals surface area contributed by atoms with Crippen LogP contribution in [0.4, 0.5) is 5.69 Å². The molecule has 19 heavy (non-hydrogen) atoms.